The molecule has 6 nitrogen and oxygen atoms in total. The Kier molecular flexibility index (Phi) is 7.00. The number of carbonyl (C=O) groups is 1. The summed E-state index contributed by atoms with van der Waals surface area (Å²) in [6.45, 7) is 10.7. The Labute approximate surface area is 177 Å². The first-order valence-electron chi connectivity index (χ1n) is 10.2. The third-order valence-corrected chi connectivity index (χ3v) is 5.85. The maximum absolute atomic E-state index is 12.5. The van der Waals surface area contributed by atoms with Gasteiger partial charge in [0.25, 0.3) is 0 Å². The van der Waals surface area contributed by atoms with E-state index in [1.54, 1.807) is 18.7 Å². The molecule has 1 aliphatic rings. The van der Waals surface area contributed by atoms with Gasteiger partial charge in [0.1, 0.15) is 11.8 Å². The van der Waals surface area contributed by atoms with Crippen molar-refractivity contribution in [1.82, 2.24) is 14.8 Å². The van der Waals surface area contributed by atoms with Crippen molar-refractivity contribution in [3.8, 4) is 5.75 Å². The van der Waals surface area contributed by atoms with Crippen LogP contribution in [0, 0.1) is 5.92 Å². The monoisotopic (exact) mass is 414 g/mol. The van der Waals surface area contributed by atoms with E-state index in [2.05, 4.69) is 31.1 Å². The fourth-order valence-corrected chi connectivity index (χ4v) is 3.99. The highest BCUT2D eigenvalue weighted by molar-refractivity contribution is 7.99. The first-order chi connectivity index (χ1) is 13.9. The number of benzene rings is 1. The van der Waals surface area contributed by atoms with Crippen LogP contribution in [-0.4, -0.2) is 32.9 Å². The number of anilines is 1. The molecule has 0 spiro atoms. The zero-order valence-corrected chi connectivity index (χ0v) is 18.7. The highest BCUT2D eigenvalue weighted by Gasteiger charge is 2.32. The molecule has 0 saturated carbocycles. The Morgan fingerprint density at radius 3 is 2.66 bits per heavy atom. The van der Waals surface area contributed by atoms with Crippen molar-refractivity contribution >= 4 is 23.5 Å². The van der Waals surface area contributed by atoms with Crippen LogP contribution in [0.15, 0.2) is 40.7 Å². The standard InChI is InChI=1S/C22H30N4O2S/c1-6-13-29-22-24-21-23-15(4)19(16(5)27)20(26(21)25-22)17-7-9-18(10-8-17)28-12-11-14(2)3/h7-10,14,20H,6,11-13H2,1-5H3,(H,23,24,25). The van der Waals surface area contributed by atoms with Crippen LogP contribution in [-0.2, 0) is 4.79 Å². The van der Waals surface area contributed by atoms with E-state index in [1.165, 1.54) is 0 Å². The maximum atomic E-state index is 12.5. The second-order valence-electron chi connectivity index (χ2n) is 7.73. The number of carbonyl (C=O) groups excluding carboxylic acids is 1. The summed E-state index contributed by atoms with van der Waals surface area (Å²) >= 11 is 1.63. The SMILES string of the molecule is CCCSc1nc2n(n1)C(c1ccc(OCCC(C)C)cc1)C(C(C)=O)=C(C)N2. The van der Waals surface area contributed by atoms with Gasteiger partial charge in [-0.1, -0.05) is 44.7 Å². The largest absolute Gasteiger partial charge is 0.494 e. The van der Waals surface area contributed by atoms with Gasteiger partial charge in [-0.25, -0.2) is 4.68 Å². The average molecular weight is 415 g/mol. The van der Waals surface area contributed by atoms with Crippen molar-refractivity contribution in [3.63, 3.8) is 0 Å². The minimum Gasteiger partial charge on any atom is -0.494 e. The lowest BCUT2D eigenvalue weighted by Crippen LogP contribution is -2.27. The first-order valence-corrected chi connectivity index (χ1v) is 11.2. The van der Waals surface area contributed by atoms with Crippen molar-refractivity contribution in [2.45, 2.75) is 58.7 Å². The molecule has 2 heterocycles. The van der Waals surface area contributed by atoms with Crippen molar-refractivity contribution in [3.05, 3.63) is 41.1 Å². The van der Waals surface area contributed by atoms with E-state index in [0.29, 0.717) is 24.0 Å². The molecule has 156 valence electrons. The Bertz CT molecular complexity index is 887. The molecular weight excluding hydrogens is 384 g/mol. The molecule has 1 N–H and O–H groups in total. The van der Waals surface area contributed by atoms with Gasteiger partial charge in [0.15, 0.2) is 5.78 Å². The summed E-state index contributed by atoms with van der Waals surface area (Å²) < 4.78 is 7.67. The number of thioether (sulfide) groups is 1. The first kappa shape index (κ1) is 21.4. The van der Waals surface area contributed by atoms with Crippen LogP contribution in [0.4, 0.5) is 5.95 Å². The van der Waals surface area contributed by atoms with Gasteiger partial charge < -0.3 is 10.1 Å². The molecule has 0 radical (unpaired) electrons. The Morgan fingerprint density at radius 2 is 2.03 bits per heavy atom. The summed E-state index contributed by atoms with van der Waals surface area (Å²) in [5, 5.41) is 8.67. The van der Waals surface area contributed by atoms with E-state index in [4.69, 9.17) is 9.84 Å². The van der Waals surface area contributed by atoms with Crippen LogP contribution in [0.3, 0.4) is 0 Å². The van der Waals surface area contributed by atoms with Crippen LogP contribution in [0.2, 0.25) is 0 Å². The number of ketones is 1. The number of rotatable bonds is 9. The van der Waals surface area contributed by atoms with Gasteiger partial charge in [-0.3, -0.25) is 4.79 Å². The minimum atomic E-state index is -0.294. The number of fused-ring (bicyclic) bond motifs is 1. The molecular formula is C22H30N4O2S. The molecule has 2 aromatic rings. The zero-order valence-electron chi connectivity index (χ0n) is 17.9. The number of hydrogen-bond donors (Lipinski definition) is 1. The normalized spacial score (nSPS) is 16.0. The van der Waals surface area contributed by atoms with Crippen LogP contribution in [0.25, 0.3) is 0 Å². The highest BCUT2D eigenvalue weighted by atomic mass is 32.2. The third kappa shape index (κ3) is 5.01. The zero-order chi connectivity index (χ0) is 21.0. The van der Waals surface area contributed by atoms with Crippen LogP contribution >= 0.6 is 11.8 Å². The van der Waals surface area contributed by atoms with Crippen LogP contribution in [0.1, 0.15) is 59.1 Å². The predicted molar refractivity (Wildman–Crippen MR) is 118 cm³/mol. The molecule has 1 aliphatic heterocycles. The summed E-state index contributed by atoms with van der Waals surface area (Å²) in [5.74, 6) is 3.12. The molecule has 0 fully saturated rings. The highest BCUT2D eigenvalue weighted by Crippen LogP contribution is 2.37. The number of Topliss-reactive ketones (excluding diaryl/α,β-unsaturated/α-hetero) is 1. The fraction of sp³-hybridized carbons (Fsp3) is 0.500. The number of aromatic nitrogens is 3. The number of hydrogen-bond acceptors (Lipinski definition) is 6. The fourth-order valence-electron chi connectivity index (χ4n) is 3.31. The van der Waals surface area contributed by atoms with Gasteiger partial charge >= 0.3 is 0 Å². The van der Waals surface area contributed by atoms with Crippen molar-refractivity contribution in [1.29, 1.82) is 0 Å². The summed E-state index contributed by atoms with van der Waals surface area (Å²) in [6, 6.07) is 7.67. The molecule has 1 aromatic carbocycles. The maximum Gasteiger partial charge on any atom is 0.227 e. The molecule has 0 saturated heterocycles. The lowest BCUT2D eigenvalue weighted by Gasteiger charge is -2.28. The summed E-state index contributed by atoms with van der Waals surface area (Å²) in [6.07, 6.45) is 2.08. The molecule has 0 amide bonds. The molecule has 29 heavy (non-hydrogen) atoms. The topological polar surface area (TPSA) is 69.0 Å². The predicted octanol–water partition coefficient (Wildman–Crippen LogP) is 5.08. The molecule has 0 bridgehead atoms. The van der Waals surface area contributed by atoms with Gasteiger partial charge in [-0.2, -0.15) is 4.98 Å². The minimum absolute atomic E-state index is 0.0289. The van der Waals surface area contributed by atoms with Crippen molar-refractivity contribution in [2.24, 2.45) is 5.92 Å². The summed E-state index contributed by atoms with van der Waals surface area (Å²) in [5.41, 5.74) is 2.53. The van der Waals surface area contributed by atoms with Crippen LogP contribution in [0.5, 0.6) is 5.75 Å². The van der Waals surface area contributed by atoms with Crippen molar-refractivity contribution < 1.29 is 9.53 Å². The third-order valence-electron chi connectivity index (χ3n) is 4.81. The van der Waals surface area contributed by atoms with Gasteiger partial charge in [-0.15, -0.1) is 5.10 Å². The van der Waals surface area contributed by atoms with E-state index in [0.717, 1.165) is 40.8 Å². The van der Waals surface area contributed by atoms with Gasteiger partial charge in [0, 0.05) is 17.0 Å². The van der Waals surface area contributed by atoms with E-state index < -0.39 is 0 Å². The molecule has 0 aliphatic carbocycles. The molecule has 1 unspecified atom stereocenters. The van der Waals surface area contributed by atoms with Gasteiger partial charge in [-0.05, 0) is 50.3 Å². The lowest BCUT2D eigenvalue weighted by atomic mass is 9.93. The average Bonchev–Trinajstić information content (AvgIpc) is 3.07. The van der Waals surface area contributed by atoms with Gasteiger partial charge in [0.2, 0.25) is 11.1 Å². The second-order valence-corrected chi connectivity index (χ2v) is 8.80. The Morgan fingerprint density at radius 1 is 1.31 bits per heavy atom. The van der Waals surface area contributed by atoms with E-state index in [1.807, 2.05) is 35.9 Å². The molecule has 3 rings (SSSR count). The number of nitrogens with one attached hydrogen (secondary N) is 1. The number of nitrogens with zero attached hydrogens (tertiary/aromatic N) is 3. The number of allylic oxidation sites excluding steroid dienone is 2. The van der Waals surface area contributed by atoms with E-state index in [-0.39, 0.29) is 11.8 Å². The Hall–Kier alpha value is -2.28. The quantitative estimate of drug-likeness (QED) is 0.577. The van der Waals surface area contributed by atoms with Crippen LogP contribution < -0.4 is 10.1 Å². The summed E-state index contributed by atoms with van der Waals surface area (Å²) in [7, 11) is 0. The van der Waals surface area contributed by atoms with E-state index in [9.17, 15) is 4.79 Å². The molecule has 1 atom stereocenters. The molecule has 1 aromatic heterocycles. The van der Waals surface area contributed by atoms with E-state index >= 15 is 0 Å². The lowest BCUT2D eigenvalue weighted by molar-refractivity contribution is -0.114. The Balaban J connectivity index is 1.90. The second kappa shape index (κ2) is 9.48. The van der Waals surface area contributed by atoms with Gasteiger partial charge in [0.05, 0.1) is 6.61 Å². The molecule has 7 heteroatoms. The summed E-state index contributed by atoms with van der Waals surface area (Å²) in [4.78, 5) is 17.1. The van der Waals surface area contributed by atoms with Crippen molar-refractivity contribution in [2.75, 3.05) is 17.7 Å². The smallest absolute Gasteiger partial charge is 0.227 e. The number of ether oxygens (including phenoxy) is 1.